The van der Waals surface area contributed by atoms with Crippen molar-refractivity contribution in [1.29, 1.82) is 0 Å². The molecule has 4 heteroatoms. The van der Waals surface area contributed by atoms with Crippen LogP contribution in [0, 0.1) is 17.6 Å². The molecule has 2 rings (SSSR count). The number of hydrogen-bond acceptors (Lipinski definition) is 2. The van der Waals surface area contributed by atoms with Crippen LogP contribution in [0.2, 0.25) is 0 Å². The van der Waals surface area contributed by atoms with E-state index >= 15 is 0 Å². The van der Waals surface area contributed by atoms with E-state index in [-0.39, 0.29) is 5.75 Å². The van der Waals surface area contributed by atoms with Gasteiger partial charge in [0.1, 0.15) is 0 Å². The fourth-order valence-electron chi connectivity index (χ4n) is 1.54. The lowest BCUT2D eigenvalue weighted by molar-refractivity contribution is 0.270. The van der Waals surface area contributed by atoms with E-state index in [1.807, 2.05) is 0 Å². The van der Waals surface area contributed by atoms with Crippen LogP contribution >= 0.6 is 0 Å². The summed E-state index contributed by atoms with van der Waals surface area (Å²) in [7, 11) is 1.73. The van der Waals surface area contributed by atoms with Gasteiger partial charge in [0.15, 0.2) is 17.4 Å². The van der Waals surface area contributed by atoms with Crippen molar-refractivity contribution in [1.82, 2.24) is 5.32 Å². The first-order valence-corrected chi connectivity index (χ1v) is 5.46. The molecule has 0 radical (unpaired) electrons. The number of benzene rings is 1. The minimum atomic E-state index is -0.620. The van der Waals surface area contributed by atoms with E-state index in [1.165, 1.54) is 12.1 Å². The van der Waals surface area contributed by atoms with Crippen molar-refractivity contribution >= 4 is 0 Å². The highest BCUT2D eigenvalue weighted by Crippen LogP contribution is 2.31. The fraction of sp³-hybridized carbons (Fsp3) is 0.500. The molecule has 0 unspecified atom stereocenters. The normalized spacial score (nSPS) is 15.2. The summed E-state index contributed by atoms with van der Waals surface area (Å²) < 4.78 is 32.2. The predicted octanol–water partition coefficient (Wildman–Crippen LogP) is 2.47. The first-order chi connectivity index (χ1) is 7.70. The van der Waals surface area contributed by atoms with Gasteiger partial charge in [0.05, 0.1) is 6.61 Å². The summed E-state index contributed by atoms with van der Waals surface area (Å²) in [5, 5.41) is 2.84. The van der Waals surface area contributed by atoms with Gasteiger partial charge in [-0.15, -0.1) is 0 Å². The van der Waals surface area contributed by atoms with Crippen molar-refractivity contribution in [3.05, 3.63) is 29.3 Å². The van der Waals surface area contributed by atoms with Crippen molar-refractivity contribution in [3.63, 3.8) is 0 Å². The van der Waals surface area contributed by atoms with Gasteiger partial charge < -0.3 is 10.1 Å². The Morgan fingerprint density at radius 2 is 1.94 bits per heavy atom. The molecule has 0 saturated heterocycles. The molecule has 0 aliphatic heterocycles. The standard InChI is InChI=1S/C12H15F2NO/c1-15-6-9-4-10(13)12(11(14)5-9)16-7-8-2-3-8/h4-5,8,15H,2-3,6-7H2,1H3. The van der Waals surface area contributed by atoms with Crippen LogP contribution in [0.4, 0.5) is 8.78 Å². The maximum atomic E-state index is 13.5. The molecule has 0 amide bonds. The van der Waals surface area contributed by atoms with Crippen molar-refractivity contribution in [2.45, 2.75) is 19.4 Å². The van der Waals surface area contributed by atoms with Crippen molar-refractivity contribution < 1.29 is 13.5 Å². The number of halogens is 2. The van der Waals surface area contributed by atoms with Crippen LogP contribution in [-0.4, -0.2) is 13.7 Å². The first-order valence-electron chi connectivity index (χ1n) is 5.46. The van der Waals surface area contributed by atoms with Crippen LogP contribution in [0.5, 0.6) is 5.75 Å². The van der Waals surface area contributed by atoms with Crippen molar-refractivity contribution in [2.24, 2.45) is 5.92 Å². The summed E-state index contributed by atoms with van der Waals surface area (Å²) >= 11 is 0. The maximum Gasteiger partial charge on any atom is 0.190 e. The second-order valence-corrected chi connectivity index (χ2v) is 4.17. The van der Waals surface area contributed by atoms with Gasteiger partial charge in [-0.1, -0.05) is 0 Å². The molecule has 1 saturated carbocycles. The Morgan fingerprint density at radius 1 is 1.31 bits per heavy atom. The number of hydrogen-bond donors (Lipinski definition) is 1. The largest absolute Gasteiger partial charge is 0.487 e. The van der Waals surface area contributed by atoms with E-state index in [0.717, 1.165) is 12.8 Å². The zero-order chi connectivity index (χ0) is 11.5. The lowest BCUT2D eigenvalue weighted by Gasteiger charge is -2.09. The van der Waals surface area contributed by atoms with Crippen LogP contribution in [0.3, 0.4) is 0 Å². The molecule has 0 aromatic heterocycles. The SMILES string of the molecule is CNCc1cc(F)c(OCC2CC2)c(F)c1. The summed E-state index contributed by atoms with van der Waals surface area (Å²) in [4.78, 5) is 0. The molecule has 1 N–H and O–H groups in total. The monoisotopic (exact) mass is 227 g/mol. The Hall–Kier alpha value is -1.16. The second kappa shape index (κ2) is 4.78. The van der Waals surface area contributed by atoms with Crippen LogP contribution in [-0.2, 0) is 6.54 Å². The molecule has 0 bridgehead atoms. The van der Waals surface area contributed by atoms with E-state index < -0.39 is 11.6 Å². The molecule has 1 aliphatic carbocycles. The topological polar surface area (TPSA) is 21.3 Å². The van der Waals surface area contributed by atoms with E-state index in [1.54, 1.807) is 7.05 Å². The molecule has 1 fully saturated rings. The van der Waals surface area contributed by atoms with E-state index in [0.29, 0.717) is 24.6 Å². The Kier molecular flexibility index (Phi) is 3.39. The van der Waals surface area contributed by atoms with E-state index in [9.17, 15) is 8.78 Å². The number of nitrogens with one attached hydrogen (secondary N) is 1. The highest BCUT2D eigenvalue weighted by molar-refractivity contribution is 5.31. The van der Waals surface area contributed by atoms with Gasteiger partial charge in [0.2, 0.25) is 0 Å². The molecule has 88 valence electrons. The van der Waals surface area contributed by atoms with Crippen molar-refractivity contribution in [3.8, 4) is 5.75 Å². The van der Waals surface area contributed by atoms with E-state index in [4.69, 9.17) is 4.74 Å². The quantitative estimate of drug-likeness (QED) is 0.834. The van der Waals surface area contributed by atoms with Gasteiger partial charge in [-0.3, -0.25) is 0 Å². The lowest BCUT2D eigenvalue weighted by atomic mass is 10.2. The molecular weight excluding hydrogens is 212 g/mol. The highest BCUT2D eigenvalue weighted by Gasteiger charge is 2.23. The van der Waals surface area contributed by atoms with E-state index in [2.05, 4.69) is 5.32 Å². The summed E-state index contributed by atoms with van der Waals surface area (Å²) in [5.41, 5.74) is 0.580. The van der Waals surface area contributed by atoms with Crippen LogP contribution < -0.4 is 10.1 Å². The molecule has 2 nitrogen and oxygen atoms in total. The maximum absolute atomic E-state index is 13.5. The van der Waals surface area contributed by atoms with Crippen LogP contribution in [0.15, 0.2) is 12.1 Å². The Morgan fingerprint density at radius 3 is 2.44 bits per heavy atom. The Bertz CT molecular complexity index is 354. The first kappa shape index (κ1) is 11.3. The fourth-order valence-corrected chi connectivity index (χ4v) is 1.54. The summed E-state index contributed by atoms with van der Waals surface area (Å²) in [6, 6.07) is 2.61. The van der Waals surface area contributed by atoms with Gasteiger partial charge in [0, 0.05) is 6.54 Å². The van der Waals surface area contributed by atoms with Gasteiger partial charge in [-0.05, 0) is 43.5 Å². The number of ether oxygens (including phenoxy) is 1. The second-order valence-electron chi connectivity index (χ2n) is 4.17. The molecule has 0 spiro atoms. The zero-order valence-corrected chi connectivity index (χ0v) is 9.22. The molecule has 0 atom stereocenters. The van der Waals surface area contributed by atoms with Gasteiger partial charge >= 0.3 is 0 Å². The molecule has 1 aromatic rings. The Balaban J connectivity index is 2.10. The zero-order valence-electron chi connectivity index (χ0n) is 9.22. The molecule has 1 aliphatic rings. The Labute approximate surface area is 93.6 Å². The van der Waals surface area contributed by atoms with Gasteiger partial charge in [-0.25, -0.2) is 8.78 Å². The average Bonchev–Trinajstić information content (AvgIpc) is 3.00. The smallest absolute Gasteiger partial charge is 0.190 e. The molecule has 0 heterocycles. The molecule has 16 heavy (non-hydrogen) atoms. The average molecular weight is 227 g/mol. The molecular formula is C12H15F2NO. The third kappa shape index (κ3) is 2.70. The minimum absolute atomic E-state index is 0.244. The third-order valence-corrected chi connectivity index (χ3v) is 2.60. The summed E-state index contributed by atoms with van der Waals surface area (Å²) in [5.74, 6) is -1.00. The number of rotatable bonds is 5. The third-order valence-electron chi connectivity index (χ3n) is 2.60. The van der Waals surface area contributed by atoms with Crippen LogP contribution in [0.25, 0.3) is 0 Å². The summed E-state index contributed by atoms with van der Waals surface area (Å²) in [6.45, 7) is 0.857. The van der Waals surface area contributed by atoms with Gasteiger partial charge in [0.25, 0.3) is 0 Å². The lowest BCUT2D eigenvalue weighted by Crippen LogP contribution is -2.08. The predicted molar refractivity (Wildman–Crippen MR) is 57.3 cm³/mol. The van der Waals surface area contributed by atoms with Crippen molar-refractivity contribution in [2.75, 3.05) is 13.7 Å². The minimum Gasteiger partial charge on any atom is -0.487 e. The van der Waals surface area contributed by atoms with Crippen LogP contribution in [0.1, 0.15) is 18.4 Å². The van der Waals surface area contributed by atoms with Gasteiger partial charge in [-0.2, -0.15) is 0 Å². The molecule has 1 aromatic carbocycles. The summed E-state index contributed by atoms with van der Waals surface area (Å²) in [6.07, 6.45) is 2.20. The highest BCUT2D eigenvalue weighted by atomic mass is 19.1.